The topological polar surface area (TPSA) is 69.4 Å². The van der Waals surface area contributed by atoms with Crippen molar-refractivity contribution in [3.05, 3.63) is 54.1 Å². The Kier molecular flexibility index (Phi) is 3.61. The molecule has 0 aliphatic carbocycles. The van der Waals surface area contributed by atoms with Crippen LogP contribution in [0.15, 0.2) is 48.5 Å². The van der Waals surface area contributed by atoms with Crippen molar-refractivity contribution in [3.8, 4) is 5.75 Å². The molecule has 110 valence electrons. The zero-order chi connectivity index (χ0) is 15.7. The molecule has 3 aromatic rings. The Morgan fingerprint density at radius 2 is 1.55 bits per heavy atom. The van der Waals surface area contributed by atoms with Gasteiger partial charge in [0.2, 0.25) is 0 Å². The van der Waals surface area contributed by atoms with Gasteiger partial charge in [0.1, 0.15) is 5.75 Å². The highest BCUT2D eigenvalue weighted by atomic mass is 16.5. The van der Waals surface area contributed by atoms with Crippen LogP contribution >= 0.6 is 0 Å². The van der Waals surface area contributed by atoms with Gasteiger partial charge in [-0.3, -0.25) is 9.59 Å². The van der Waals surface area contributed by atoms with Gasteiger partial charge >= 0.3 is 5.97 Å². The smallest absolute Gasteiger partial charge is 0.308 e. The number of esters is 1. The van der Waals surface area contributed by atoms with Crippen LogP contribution < -0.4 is 10.5 Å². The van der Waals surface area contributed by atoms with Crippen LogP contribution in [0, 0.1) is 0 Å². The first-order valence-corrected chi connectivity index (χ1v) is 6.97. The van der Waals surface area contributed by atoms with Crippen LogP contribution in [0.4, 0.5) is 0 Å². The highest BCUT2D eigenvalue weighted by molar-refractivity contribution is 6.11. The molecule has 0 aliphatic heterocycles. The highest BCUT2D eigenvalue weighted by Gasteiger charge is 2.08. The minimum absolute atomic E-state index is 0.0189. The van der Waals surface area contributed by atoms with Gasteiger partial charge in [0.15, 0.2) is 5.78 Å². The minimum atomic E-state index is -0.362. The molecule has 4 heteroatoms. The second kappa shape index (κ2) is 5.58. The van der Waals surface area contributed by atoms with Crippen molar-refractivity contribution in [2.45, 2.75) is 6.92 Å². The quantitative estimate of drug-likeness (QED) is 0.349. The molecule has 0 saturated carbocycles. The molecule has 0 atom stereocenters. The van der Waals surface area contributed by atoms with Gasteiger partial charge in [0, 0.05) is 12.5 Å². The summed E-state index contributed by atoms with van der Waals surface area (Å²) in [5.74, 6) is 0.0247. The van der Waals surface area contributed by atoms with E-state index in [0.717, 1.165) is 21.5 Å². The summed E-state index contributed by atoms with van der Waals surface area (Å²) in [6.07, 6.45) is 0. The number of hydrogen-bond acceptors (Lipinski definition) is 4. The fourth-order valence-corrected chi connectivity index (χ4v) is 2.55. The first-order chi connectivity index (χ1) is 10.6. The first-order valence-electron chi connectivity index (χ1n) is 6.97. The zero-order valence-electron chi connectivity index (χ0n) is 12.1. The number of carbonyl (C=O) groups is 2. The van der Waals surface area contributed by atoms with E-state index in [2.05, 4.69) is 0 Å². The summed E-state index contributed by atoms with van der Waals surface area (Å²) in [6.45, 7) is 1.35. The van der Waals surface area contributed by atoms with Crippen LogP contribution in [0.1, 0.15) is 17.3 Å². The first kappa shape index (κ1) is 14.2. The fourth-order valence-electron chi connectivity index (χ4n) is 2.55. The molecule has 2 N–H and O–H groups in total. The Labute approximate surface area is 127 Å². The van der Waals surface area contributed by atoms with Crippen molar-refractivity contribution < 1.29 is 14.3 Å². The van der Waals surface area contributed by atoms with Crippen LogP contribution in [0.2, 0.25) is 0 Å². The molecule has 3 rings (SSSR count). The molecule has 0 bridgehead atoms. The second-order valence-corrected chi connectivity index (χ2v) is 5.11. The molecule has 0 radical (unpaired) electrons. The Morgan fingerprint density at radius 3 is 2.18 bits per heavy atom. The third-order valence-corrected chi connectivity index (χ3v) is 3.58. The molecule has 0 aliphatic rings. The number of benzene rings is 3. The molecular weight excluding hydrogens is 278 g/mol. The molecule has 22 heavy (non-hydrogen) atoms. The van der Waals surface area contributed by atoms with Crippen molar-refractivity contribution in [2.24, 2.45) is 5.73 Å². The third kappa shape index (κ3) is 2.56. The predicted molar refractivity (Wildman–Crippen MR) is 86.1 cm³/mol. The lowest BCUT2D eigenvalue weighted by Crippen LogP contribution is -2.13. The fraction of sp³-hybridized carbons (Fsp3) is 0.111. The van der Waals surface area contributed by atoms with Crippen molar-refractivity contribution in [1.82, 2.24) is 0 Å². The van der Waals surface area contributed by atoms with Crippen LogP contribution in [0.25, 0.3) is 21.5 Å². The molecule has 3 aromatic carbocycles. The molecule has 4 nitrogen and oxygen atoms in total. The summed E-state index contributed by atoms with van der Waals surface area (Å²) in [4.78, 5) is 22.9. The third-order valence-electron chi connectivity index (χ3n) is 3.58. The molecule has 0 unspecified atom stereocenters. The van der Waals surface area contributed by atoms with E-state index in [1.807, 2.05) is 36.4 Å². The van der Waals surface area contributed by atoms with Crippen LogP contribution in [-0.2, 0) is 4.79 Å². The zero-order valence-corrected chi connectivity index (χ0v) is 12.1. The van der Waals surface area contributed by atoms with Crippen LogP contribution in [0.5, 0.6) is 5.75 Å². The summed E-state index contributed by atoms with van der Waals surface area (Å²) in [6, 6.07) is 15.0. The van der Waals surface area contributed by atoms with E-state index < -0.39 is 0 Å². The lowest BCUT2D eigenvalue weighted by molar-refractivity contribution is -0.131. The monoisotopic (exact) mass is 293 g/mol. The molecule has 0 heterocycles. The summed E-state index contributed by atoms with van der Waals surface area (Å²) in [7, 11) is 0. The molecular formula is C18H15NO3. The minimum Gasteiger partial charge on any atom is -0.427 e. The maximum Gasteiger partial charge on any atom is 0.308 e. The molecule has 0 spiro atoms. The van der Waals surface area contributed by atoms with Crippen molar-refractivity contribution in [1.29, 1.82) is 0 Å². The normalized spacial score (nSPS) is 10.8. The maximum absolute atomic E-state index is 11.8. The summed E-state index contributed by atoms with van der Waals surface area (Å²) >= 11 is 0. The number of fused-ring (bicyclic) bond motifs is 3. The Bertz CT molecular complexity index is 899. The largest absolute Gasteiger partial charge is 0.427 e. The molecule has 0 fully saturated rings. The number of Topliss-reactive ketones (excluding diaryl/α,β-unsaturated/α-hetero) is 1. The number of carbonyl (C=O) groups excluding carboxylic acids is 2. The highest BCUT2D eigenvalue weighted by Crippen LogP contribution is 2.29. The van der Waals surface area contributed by atoms with Gasteiger partial charge in [-0.1, -0.05) is 30.3 Å². The van der Waals surface area contributed by atoms with Crippen LogP contribution in [-0.4, -0.2) is 18.3 Å². The molecule has 0 amide bonds. The molecule has 0 saturated heterocycles. The van der Waals surface area contributed by atoms with E-state index in [0.29, 0.717) is 11.3 Å². The van der Waals surface area contributed by atoms with E-state index >= 15 is 0 Å². The average molecular weight is 293 g/mol. The second-order valence-electron chi connectivity index (χ2n) is 5.11. The van der Waals surface area contributed by atoms with E-state index in [4.69, 9.17) is 10.5 Å². The number of nitrogens with two attached hydrogens (primary N) is 1. The Balaban J connectivity index is 2.26. The van der Waals surface area contributed by atoms with Crippen LogP contribution in [0.3, 0.4) is 0 Å². The van der Waals surface area contributed by atoms with E-state index in [-0.39, 0.29) is 18.3 Å². The average Bonchev–Trinajstić information content (AvgIpc) is 2.53. The molecule has 0 aromatic heterocycles. The Morgan fingerprint density at radius 1 is 0.955 bits per heavy atom. The van der Waals surface area contributed by atoms with Crippen molar-refractivity contribution in [2.75, 3.05) is 6.54 Å². The SMILES string of the molecule is CC(=O)Oc1ccc2ccc3ccc(C(=O)CN)cc3c2c1. The van der Waals surface area contributed by atoms with Gasteiger partial charge in [0.25, 0.3) is 0 Å². The maximum atomic E-state index is 11.8. The lowest BCUT2D eigenvalue weighted by Gasteiger charge is -2.08. The lowest BCUT2D eigenvalue weighted by atomic mass is 9.98. The van der Waals surface area contributed by atoms with Gasteiger partial charge < -0.3 is 10.5 Å². The van der Waals surface area contributed by atoms with Gasteiger partial charge in [-0.25, -0.2) is 0 Å². The van der Waals surface area contributed by atoms with Crippen molar-refractivity contribution >= 4 is 33.3 Å². The number of ketones is 1. The number of hydrogen-bond donors (Lipinski definition) is 1. The van der Waals surface area contributed by atoms with Gasteiger partial charge in [-0.05, 0) is 39.7 Å². The summed E-state index contributed by atoms with van der Waals surface area (Å²) in [5, 5.41) is 3.90. The predicted octanol–water partition coefficient (Wildman–Crippen LogP) is 3.06. The van der Waals surface area contributed by atoms with Gasteiger partial charge in [-0.2, -0.15) is 0 Å². The number of ether oxygens (including phenoxy) is 1. The van der Waals surface area contributed by atoms with Crippen molar-refractivity contribution in [3.63, 3.8) is 0 Å². The van der Waals surface area contributed by atoms with Gasteiger partial charge in [-0.15, -0.1) is 0 Å². The van der Waals surface area contributed by atoms with E-state index in [1.165, 1.54) is 6.92 Å². The van der Waals surface area contributed by atoms with Gasteiger partial charge in [0.05, 0.1) is 6.54 Å². The number of rotatable bonds is 3. The van der Waals surface area contributed by atoms with E-state index in [9.17, 15) is 9.59 Å². The Hall–Kier alpha value is -2.72. The summed E-state index contributed by atoms with van der Waals surface area (Å²) in [5.41, 5.74) is 6.02. The summed E-state index contributed by atoms with van der Waals surface area (Å²) < 4.78 is 5.14. The standard InChI is InChI=1S/C18H15NO3/c1-11(20)22-15-7-6-13-3-2-12-4-5-14(18(21)10-19)8-16(12)17(13)9-15/h2-9H,10,19H2,1H3. The van der Waals surface area contributed by atoms with E-state index in [1.54, 1.807) is 12.1 Å².